The van der Waals surface area contributed by atoms with Gasteiger partial charge in [-0.25, -0.2) is 0 Å². The van der Waals surface area contributed by atoms with Gasteiger partial charge in [0.15, 0.2) is 0 Å². The summed E-state index contributed by atoms with van der Waals surface area (Å²) in [5.74, 6) is 0. The Balaban J connectivity index is 2.16. The molecule has 1 aromatic carbocycles. The summed E-state index contributed by atoms with van der Waals surface area (Å²) in [6.07, 6.45) is 4.91. The van der Waals surface area contributed by atoms with Gasteiger partial charge in [0, 0.05) is 22.1 Å². The molecule has 1 aliphatic rings. The maximum absolute atomic E-state index is 6.34. The number of hydrogen-bond acceptors (Lipinski definition) is 1. The molecule has 0 bridgehead atoms. The first-order chi connectivity index (χ1) is 8.94. The first-order valence-corrected chi connectivity index (χ1v) is 7.90. The Hall–Kier alpha value is -0.240. The molecule has 0 aromatic heterocycles. The number of hydrogen-bond donors (Lipinski definition) is 1. The molecule has 2 unspecified atom stereocenters. The van der Waals surface area contributed by atoms with E-state index in [0.29, 0.717) is 22.5 Å². The molecule has 1 nitrogen and oxygen atoms in total. The lowest BCUT2D eigenvalue weighted by atomic mass is 9.86. The van der Waals surface area contributed by atoms with Crippen LogP contribution < -0.4 is 5.32 Å². The van der Waals surface area contributed by atoms with Crippen LogP contribution in [0.15, 0.2) is 18.2 Å². The predicted molar refractivity (Wildman–Crippen MR) is 84.0 cm³/mol. The van der Waals surface area contributed by atoms with Gasteiger partial charge in [0.1, 0.15) is 0 Å². The van der Waals surface area contributed by atoms with Crippen molar-refractivity contribution in [2.75, 3.05) is 0 Å². The van der Waals surface area contributed by atoms with Crippen LogP contribution in [0, 0.1) is 5.41 Å². The van der Waals surface area contributed by atoms with Crippen molar-refractivity contribution in [3.63, 3.8) is 0 Å². The number of rotatable bonds is 4. The van der Waals surface area contributed by atoms with Gasteiger partial charge in [-0.15, -0.1) is 0 Å². The summed E-state index contributed by atoms with van der Waals surface area (Å²) in [5.41, 5.74) is 1.54. The van der Waals surface area contributed by atoms with Crippen LogP contribution in [0.1, 0.15) is 58.1 Å². The highest BCUT2D eigenvalue weighted by Crippen LogP contribution is 2.39. The van der Waals surface area contributed by atoms with E-state index in [-0.39, 0.29) is 0 Å². The third-order valence-corrected chi connectivity index (χ3v) is 4.97. The molecule has 106 valence electrons. The SMILES string of the molecule is CCC(NC1CCCC1(C)C)c1ccc(Cl)cc1Cl. The highest BCUT2D eigenvalue weighted by molar-refractivity contribution is 6.35. The predicted octanol–water partition coefficient (Wildman–Crippen LogP) is 5.61. The normalized spacial score (nSPS) is 23.5. The van der Waals surface area contributed by atoms with Crippen LogP contribution in [0.4, 0.5) is 0 Å². The Morgan fingerprint density at radius 2 is 2.11 bits per heavy atom. The highest BCUT2D eigenvalue weighted by atomic mass is 35.5. The molecular weight excluding hydrogens is 277 g/mol. The molecule has 1 saturated carbocycles. The van der Waals surface area contributed by atoms with E-state index in [2.05, 4.69) is 26.1 Å². The van der Waals surface area contributed by atoms with Gasteiger partial charge >= 0.3 is 0 Å². The summed E-state index contributed by atoms with van der Waals surface area (Å²) in [5, 5.41) is 5.27. The van der Waals surface area contributed by atoms with E-state index < -0.39 is 0 Å². The van der Waals surface area contributed by atoms with Crippen molar-refractivity contribution in [1.82, 2.24) is 5.32 Å². The van der Waals surface area contributed by atoms with Crippen molar-refractivity contribution < 1.29 is 0 Å². The minimum absolute atomic E-state index is 0.312. The lowest BCUT2D eigenvalue weighted by Gasteiger charge is -2.32. The fourth-order valence-electron chi connectivity index (χ4n) is 3.09. The summed E-state index contributed by atoms with van der Waals surface area (Å²) in [7, 11) is 0. The first-order valence-electron chi connectivity index (χ1n) is 7.15. The third-order valence-electron chi connectivity index (χ3n) is 4.41. The Kier molecular flexibility index (Phi) is 4.81. The Morgan fingerprint density at radius 3 is 2.63 bits per heavy atom. The van der Waals surface area contributed by atoms with Crippen LogP contribution in [0.5, 0.6) is 0 Å². The zero-order chi connectivity index (χ0) is 14.0. The Labute approximate surface area is 126 Å². The summed E-state index contributed by atoms with van der Waals surface area (Å²) < 4.78 is 0. The zero-order valence-corrected chi connectivity index (χ0v) is 13.5. The van der Waals surface area contributed by atoms with Crippen LogP contribution in [0.3, 0.4) is 0 Å². The highest BCUT2D eigenvalue weighted by Gasteiger charge is 2.35. The van der Waals surface area contributed by atoms with Crippen molar-refractivity contribution in [2.24, 2.45) is 5.41 Å². The standard InChI is InChI=1S/C16H23Cl2N/c1-4-14(12-8-7-11(17)10-13(12)18)19-15-6-5-9-16(15,2)3/h7-8,10,14-15,19H,4-6,9H2,1-3H3. The average Bonchev–Trinajstić information content (AvgIpc) is 2.66. The van der Waals surface area contributed by atoms with E-state index in [1.807, 2.05) is 18.2 Å². The fourth-order valence-corrected chi connectivity index (χ4v) is 3.63. The van der Waals surface area contributed by atoms with Crippen LogP contribution in [0.25, 0.3) is 0 Å². The van der Waals surface area contributed by atoms with Crippen molar-refractivity contribution in [1.29, 1.82) is 0 Å². The molecule has 0 heterocycles. The second-order valence-corrected chi connectivity index (χ2v) is 7.07. The second-order valence-electron chi connectivity index (χ2n) is 6.23. The molecule has 3 heteroatoms. The summed E-state index contributed by atoms with van der Waals surface area (Å²) >= 11 is 12.3. The molecule has 0 saturated heterocycles. The van der Waals surface area contributed by atoms with Crippen molar-refractivity contribution in [3.8, 4) is 0 Å². The first kappa shape index (κ1) is 15.2. The quantitative estimate of drug-likeness (QED) is 0.761. The molecule has 2 atom stereocenters. The van der Waals surface area contributed by atoms with E-state index in [9.17, 15) is 0 Å². The number of halogens is 2. The Bertz CT molecular complexity index is 442. The second kappa shape index (κ2) is 6.03. The summed E-state index contributed by atoms with van der Waals surface area (Å²) in [6.45, 7) is 6.91. The average molecular weight is 300 g/mol. The van der Waals surface area contributed by atoms with Crippen molar-refractivity contribution in [3.05, 3.63) is 33.8 Å². The van der Waals surface area contributed by atoms with Crippen LogP contribution in [0.2, 0.25) is 10.0 Å². The van der Waals surface area contributed by atoms with E-state index in [4.69, 9.17) is 23.2 Å². The van der Waals surface area contributed by atoms with Gasteiger partial charge in [0.25, 0.3) is 0 Å². The van der Waals surface area contributed by atoms with Crippen molar-refractivity contribution in [2.45, 2.75) is 58.5 Å². The van der Waals surface area contributed by atoms with Gasteiger partial charge in [-0.2, -0.15) is 0 Å². The minimum Gasteiger partial charge on any atom is -0.307 e. The van der Waals surface area contributed by atoms with Gasteiger partial charge in [-0.05, 0) is 42.4 Å². The van der Waals surface area contributed by atoms with Crippen LogP contribution >= 0.6 is 23.2 Å². The molecule has 0 radical (unpaired) electrons. The lowest BCUT2D eigenvalue weighted by Crippen LogP contribution is -2.39. The van der Waals surface area contributed by atoms with Gasteiger partial charge in [0.05, 0.1) is 0 Å². The molecule has 1 N–H and O–H groups in total. The molecular formula is C16H23Cl2N. The topological polar surface area (TPSA) is 12.0 Å². The third kappa shape index (κ3) is 3.45. The number of nitrogens with one attached hydrogen (secondary N) is 1. The smallest absolute Gasteiger partial charge is 0.0468 e. The monoisotopic (exact) mass is 299 g/mol. The summed E-state index contributed by atoms with van der Waals surface area (Å²) in [6, 6.07) is 6.69. The summed E-state index contributed by atoms with van der Waals surface area (Å²) in [4.78, 5) is 0. The maximum atomic E-state index is 6.34. The zero-order valence-electron chi connectivity index (χ0n) is 12.0. The van der Waals surface area contributed by atoms with Crippen molar-refractivity contribution >= 4 is 23.2 Å². The minimum atomic E-state index is 0.312. The number of benzene rings is 1. The van der Waals surface area contributed by atoms with E-state index in [1.165, 1.54) is 19.3 Å². The Morgan fingerprint density at radius 1 is 1.37 bits per heavy atom. The fraction of sp³-hybridized carbons (Fsp3) is 0.625. The lowest BCUT2D eigenvalue weighted by molar-refractivity contribution is 0.259. The molecule has 1 fully saturated rings. The molecule has 2 rings (SSSR count). The van der Waals surface area contributed by atoms with E-state index >= 15 is 0 Å². The van der Waals surface area contributed by atoms with E-state index in [1.54, 1.807) is 0 Å². The van der Waals surface area contributed by atoms with Gasteiger partial charge < -0.3 is 5.32 Å². The van der Waals surface area contributed by atoms with E-state index in [0.717, 1.165) is 17.0 Å². The molecule has 1 aliphatic carbocycles. The van der Waals surface area contributed by atoms with Gasteiger partial charge in [-0.3, -0.25) is 0 Å². The molecule has 19 heavy (non-hydrogen) atoms. The molecule has 0 amide bonds. The molecule has 0 aliphatic heterocycles. The molecule has 1 aromatic rings. The van der Waals surface area contributed by atoms with Crippen LogP contribution in [-0.4, -0.2) is 6.04 Å². The van der Waals surface area contributed by atoms with Gasteiger partial charge in [-0.1, -0.05) is 56.5 Å². The molecule has 0 spiro atoms. The largest absolute Gasteiger partial charge is 0.307 e. The van der Waals surface area contributed by atoms with Gasteiger partial charge in [0.2, 0.25) is 0 Å². The maximum Gasteiger partial charge on any atom is 0.0468 e. The van der Waals surface area contributed by atoms with Crippen LogP contribution in [-0.2, 0) is 0 Å².